The first-order valence-electron chi connectivity index (χ1n) is 5.89. The van der Waals surface area contributed by atoms with Gasteiger partial charge in [0.2, 0.25) is 0 Å². The van der Waals surface area contributed by atoms with Crippen molar-refractivity contribution in [2.24, 2.45) is 0 Å². The number of benzene rings is 1. The molecule has 0 spiro atoms. The number of rotatable bonds is 5. The van der Waals surface area contributed by atoms with Crippen LogP contribution in [0.5, 0.6) is 16.7 Å². The van der Waals surface area contributed by atoms with Gasteiger partial charge in [0.1, 0.15) is 0 Å². The highest BCUT2D eigenvalue weighted by Gasteiger charge is 2.34. The normalized spacial score (nSPS) is 11.3. The van der Waals surface area contributed by atoms with E-state index in [1.54, 1.807) is 0 Å². The van der Waals surface area contributed by atoms with E-state index in [0.717, 1.165) is 5.38 Å². The molecule has 0 radical (unpaired) electrons. The zero-order valence-corrected chi connectivity index (χ0v) is 12.0. The molecule has 9 heteroatoms. The minimum absolute atomic E-state index is 0.153. The van der Waals surface area contributed by atoms with E-state index in [1.165, 1.54) is 25.3 Å². The van der Waals surface area contributed by atoms with Crippen LogP contribution >= 0.6 is 11.3 Å². The van der Waals surface area contributed by atoms with Gasteiger partial charge >= 0.3 is 12.1 Å². The lowest BCUT2D eigenvalue weighted by Crippen LogP contribution is -2.05. The second kappa shape index (κ2) is 6.22. The fourth-order valence-electron chi connectivity index (χ4n) is 1.61. The van der Waals surface area contributed by atoms with E-state index in [1.807, 2.05) is 0 Å². The standard InChI is InChI=1S/C13H10F3NO4S/c1-20-9-4-7(5-11(18)19)2-3-8(9)21-12-17-10(6-22-12)13(14,15)16/h2-4,6H,5H2,1H3,(H,18,19). The van der Waals surface area contributed by atoms with Crippen molar-refractivity contribution < 1.29 is 32.5 Å². The highest BCUT2D eigenvalue weighted by molar-refractivity contribution is 7.11. The van der Waals surface area contributed by atoms with Gasteiger partial charge < -0.3 is 14.6 Å². The van der Waals surface area contributed by atoms with Crippen LogP contribution in [-0.4, -0.2) is 23.2 Å². The largest absolute Gasteiger partial charge is 0.493 e. The Balaban J connectivity index is 2.22. The van der Waals surface area contributed by atoms with Crippen LogP contribution in [0.1, 0.15) is 11.3 Å². The summed E-state index contributed by atoms with van der Waals surface area (Å²) in [5.41, 5.74) is -0.555. The second-order valence-corrected chi connectivity index (χ2v) is 4.97. The fourth-order valence-corrected chi connectivity index (χ4v) is 2.30. The van der Waals surface area contributed by atoms with Gasteiger partial charge in [-0.3, -0.25) is 4.79 Å². The maximum Gasteiger partial charge on any atom is 0.434 e. The Morgan fingerprint density at radius 1 is 1.36 bits per heavy atom. The molecule has 2 rings (SSSR count). The third-order valence-electron chi connectivity index (χ3n) is 2.55. The van der Waals surface area contributed by atoms with E-state index in [4.69, 9.17) is 14.6 Å². The van der Waals surface area contributed by atoms with Crippen LogP contribution in [0.4, 0.5) is 13.2 Å². The van der Waals surface area contributed by atoms with Crippen molar-refractivity contribution in [3.8, 4) is 16.7 Å². The Kier molecular flexibility index (Phi) is 4.55. The van der Waals surface area contributed by atoms with Crippen molar-refractivity contribution in [1.82, 2.24) is 4.98 Å². The summed E-state index contributed by atoms with van der Waals surface area (Å²) in [6.45, 7) is 0. The maximum atomic E-state index is 12.5. The van der Waals surface area contributed by atoms with Gasteiger partial charge in [-0.05, 0) is 17.7 Å². The average molecular weight is 333 g/mol. The smallest absolute Gasteiger partial charge is 0.434 e. The van der Waals surface area contributed by atoms with Crippen LogP contribution in [-0.2, 0) is 17.4 Å². The topological polar surface area (TPSA) is 68.7 Å². The monoisotopic (exact) mass is 333 g/mol. The van der Waals surface area contributed by atoms with E-state index in [2.05, 4.69) is 4.98 Å². The number of hydrogen-bond acceptors (Lipinski definition) is 5. The molecule has 0 fully saturated rings. The number of carboxylic acids is 1. The third-order valence-corrected chi connectivity index (χ3v) is 3.27. The quantitative estimate of drug-likeness (QED) is 0.905. The molecule has 22 heavy (non-hydrogen) atoms. The van der Waals surface area contributed by atoms with Gasteiger partial charge in [-0.2, -0.15) is 18.2 Å². The van der Waals surface area contributed by atoms with Gasteiger partial charge in [0.05, 0.1) is 13.5 Å². The molecular formula is C13H10F3NO4S. The summed E-state index contributed by atoms with van der Waals surface area (Å²) in [4.78, 5) is 14.0. The number of nitrogens with zero attached hydrogens (tertiary/aromatic N) is 1. The summed E-state index contributed by atoms with van der Waals surface area (Å²) >= 11 is 0.702. The molecule has 0 atom stereocenters. The minimum atomic E-state index is -4.53. The first-order valence-corrected chi connectivity index (χ1v) is 6.77. The van der Waals surface area contributed by atoms with E-state index in [9.17, 15) is 18.0 Å². The molecule has 1 aromatic carbocycles. The number of alkyl halides is 3. The molecule has 0 aliphatic heterocycles. The number of thiazole rings is 1. The van der Waals surface area contributed by atoms with Crippen LogP contribution in [0.15, 0.2) is 23.6 Å². The highest BCUT2D eigenvalue weighted by atomic mass is 32.1. The molecule has 1 N–H and O–H groups in total. The predicted molar refractivity (Wildman–Crippen MR) is 71.5 cm³/mol. The molecule has 1 heterocycles. The average Bonchev–Trinajstić information content (AvgIpc) is 2.88. The van der Waals surface area contributed by atoms with Gasteiger partial charge in [0, 0.05) is 5.38 Å². The van der Waals surface area contributed by atoms with Crippen LogP contribution < -0.4 is 9.47 Å². The molecule has 0 saturated carbocycles. The SMILES string of the molecule is COc1cc(CC(=O)O)ccc1Oc1nc(C(F)(F)F)cs1. The molecular weight excluding hydrogens is 323 g/mol. The molecule has 0 aliphatic rings. The Bertz CT molecular complexity index is 684. The van der Waals surface area contributed by atoms with E-state index >= 15 is 0 Å². The van der Waals surface area contributed by atoms with Crippen molar-refractivity contribution >= 4 is 17.3 Å². The van der Waals surface area contributed by atoms with Gasteiger partial charge in [0.15, 0.2) is 17.2 Å². The number of hydrogen-bond donors (Lipinski definition) is 1. The van der Waals surface area contributed by atoms with Crippen LogP contribution in [0.2, 0.25) is 0 Å². The summed E-state index contributed by atoms with van der Waals surface area (Å²) in [6, 6.07) is 4.36. The Morgan fingerprint density at radius 2 is 2.09 bits per heavy atom. The van der Waals surface area contributed by atoms with E-state index in [0.29, 0.717) is 16.9 Å². The van der Waals surface area contributed by atoms with Crippen LogP contribution in [0, 0.1) is 0 Å². The fraction of sp³-hybridized carbons (Fsp3) is 0.231. The molecule has 2 aromatic rings. The van der Waals surface area contributed by atoms with Crippen LogP contribution in [0.3, 0.4) is 0 Å². The Morgan fingerprint density at radius 3 is 2.64 bits per heavy atom. The Labute approximate surface area is 126 Å². The number of carboxylic acid groups (broad SMARTS) is 1. The summed E-state index contributed by atoms with van der Waals surface area (Å²) in [5, 5.41) is 9.39. The number of aromatic nitrogens is 1. The van der Waals surface area contributed by atoms with Gasteiger partial charge in [0.25, 0.3) is 5.19 Å². The summed E-state index contributed by atoms with van der Waals surface area (Å²) in [7, 11) is 1.34. The minimum Gasteiger partial charge on any atom is -0.493 e. The Hall–Kier alpha value is -2.29. The lowest BCUT2D eigenvalue weighted by molar-refractivity contribution is -0.141. The first-order chi connectivity index (χ1) is 10.3. The van der Waals surface area contributed by atoms with E-state index < -0.39 is 17.8 Å². The number of ether oxygens (including phenoxy) is 2. The highest BCUT2D eigenvalue weighted by Crippen LogP contribution is 2.37. The summed E-state index contributed by atoms with van der Waals surface area (Å²) < 4.78 is 47.7. The van der Waals surface area contributed by atoms with Crippen molar-refractivity contribution in [2.45, 2.75) is 12.6 Å². The van der Waals surface area contributed by atoms with Gasteiger partial charge in [-0.1, -0.05) is 17.4 Å². The molecule has 0 amide bonds. The van der Waals surface area contributed by atoms with Crippen molar-refractivity contribution in [1.29, 1.82) is 0 Å². The van der Waals surface area contributed by atoms with Crippen molar-refractivity contribution in [3.63, 3.8) is 0 Å². The molecule has 1 aromatic heterocycles. The molecule has 0 aliphatic carbocycles. The predicted octanol–water partition coefficient (Wildman–Crippen LogP) is 3.59. The lowest BCUT2D eigenvalue weighted by atomic mass is 10.1. The second-order valence-electron chi connectivity index (χ2n) is 4.15. The molecule has 5 nitrogen and oxygen atoms in total. The van der Waals surface area contributed by atoms with Crippen LogP contribution in [0.25, 0.3) is 0 Å². The number of methoxy groups -OCH3 is 1. The molecule has 0 unspecified atom stereocenters. The third kappa shape index (κ3) is 3.88. The van der Waals surface area contributed by atoms with Gasteiger partial charge in [-0.25, -0.2) is 0 Å². The van der Waals surface area contributed by atoms with Crippen molar-refractivity contribution in [2.75, 3.05) is 7.11 Å². The molecule has 0 saturated heterocycles. The van der Waals surface area contributed by atoms with Gasteiger partial charge in [-0.15, -0.1) is 0 Å². The maximum absolute atomic E-state index is 12.5. The molecule has 0 bridgehead atoms. The van der Waals surface area contributed by atoms with E-state index in [-0.39, 0.29) is 23.1 Å². The summed E-state index contributed by atoms with van der Waals surface area (Å²) in [5.74, 6) is -0.646. The zero-order chi connectivity index (χ0) is 16.3. The summed E-state index contributed by atoms with van der Waals surface area (Å²) in [6.07, 6.45) is -4.74. The number of carbonyl (C=O) groups is 1. The molecule has 118 valence electrons. The first kappa shape index (κ1) is 16.1. The number of aliphatic carboxylic acids is 1. The lowest BCUT2D eigenvalue weighted by Gasteiger charge is -2.09. The van der Waals surface area contributed by atoms with Crippen molar-refractivity contribution in [3.05, 3.63) is 34.8 Å². The number of halogens is 3. The zero-order valence-electron chi connectivity index (χ0n) is 11.2.